The molecule has 2 N–H and O–H groups in total. The molecular formula is C20H28N2O5. The molecule has 1 aliphatic heterocycles. The first kappa shape index (κ1) is 20.7. The normalized spacial score (nSPS) is 14.6. The minimum atomic E-state index is -0.812. The summed E-state index contributed by atoms with van der Waals surface area (Å²) in [6.07, 6.45) is 3.00. The molecular weight excluding hydrogens is 348 g/mol. The molecule has 2 rings (SSSR count). The Hall–Kier alpha value is -2.57. The maximum absolute atomic E-state index is 12.3. The maximum Gasteiger partial charge on any atom is 0.303 e. The van der Waals surface area contributed by atoms with E-state index in [0.29, 0.717) is 58.3 Å². The van der Waals surface area contributed by atoms with Gasteiger partial charge in [-0.2, -0.15) is 0 Å². The highest BCUT2D eigenvalue weighted by atomic mass is 16.5. The molecule has 1 aromatic carbocycles. The summed E-state index contributed by atoms with van der Waals surface area (Å²) in [5.41, 5.74) is 0. The third kappa shape index (κ3) is 7.68. The molecule has 0 unspecified atom stereocenters. The molecule has 1 saturated heterocycles. The van der Waals surface area contributed by atoms with Crippen molar-refractivity contribution in [1.82, 2.24) is 10.2 Å². The predicted molar refractivity (Wildman–Crippen MR) is 100 cm³/mol. The second-order valence-corrected chi connectivity index (χ2v) is 6.71. The zero-order valence-corrected chi connectivity index (χ0v) is 15.6. The van der Waals surface area contributed by atoms with Crippen LogP contribution in [0, 0.1) is 5.92 Å². The molecule has 0 bridgehead atoms. The molecule has 148 valence electrons. The fraction of sp³-hybridized carbons (Fsp3) is 0.550. The highest BCUT2D eigenvalue weighted by Crippen LogP contribution is 2.18. The van der Waals surface area contributed by atoms with Crippen LogP contribution in [0.15, 0.2) is 30.3 Å². The summed E-state index contributed by atoms with van der Waals surface area (Å²) in [5.74, 6) is -0.0750. The lowest BCUT2D eigenvalue weighted by Gasteiger charge is -2.31. The summed E-state index contributed by atoms with van der Waals surface area (Å²) in [6.45, 7) is 2.02. The van der Waals surface area contributed by atoms with E-state index in [4.69, 9.17) is 9.84 Å². The van der Waals surface area contributed by atoms with E-state index in [2.05, 4.69) is 5.32 Å². The van der Waals surface area contributed by atoms with Gasteiger partial charge >= 0.3 is 5.97 Å². The first-order chi connectivity index (χ1) is 13.1. The number of piperidine rings is 1. The molecule has 27 heavy (non-hydrogen) atoms. The van der Waals surface area contributed by atoms with Gasteiger partial charge in [-0.15, -0.1) is 0 Å². The van der Waals surface area contributed by atoms with Gasteiger partial charge in [-0.3, -0.25) is 14.4 Å². The predicted octanol–water partition coefficient (Wildman–Crippen LogP) is 2.07. The molecule has 0 aromatic heterocycles. The summed E-state index contributed by atoms with van der Waals surface area (Å²) < 4.78 is 5.56. The summed E-state index contributed by atoms with van der Waals surface area (Å²) in [6, 6.07) is 9.40. The van der Waals surface area contributed by atoms with E-state index >= 15 is 0 Å². The van der Waals surface area contributed by atoms with Crippen molar-refractivity contribution in [1.29, 1.82) is 0 Å². The van der Waals surface area contributed by atoms with Crippen molar-refractivity contribution in [3.63, 3.8) is 0 Å². The number of likely N-dealkylation sites (tertiary alicyclic amines) is 1. The Morgan fingerprint density at radius 2 is 1.78 bits per heavy atom. The van der Waals surface area contributed by atoms with Crippen LogP contribution in [0.3, 0.4) is 0 Å². The Bertz CT molecular complexity index is 612. The molecule has 1 aromatic rings. The van der Waals surface area contributed by atoms with Crippen molar-refractivity contribution < 1.29 is 24.2 Å². The monoisotopic (exact) mass is 376 g/mol. The smallest absolute Gasteiger partial charge is 0.303 e. The minimum Gasteiger partial charge on any atom is -0.493 e. The number of carboxylic acid groups (broad SMARTS) is 1. The fourth-order valence-corrected chi connectivity index (χ4v) is 3.08. The van der Waals surface area contributed by atoms with Crippen LogP contribution in [0.1, 0.15) is 38.5 Å². The van der Waals surface area contributed by atoms with Crippen LogP contribution in [-0.4, -0.2) is 54.0 Å². The third-order valence-electron chi connectivity index (χ3n) is 4.66. The highest BCUT2D eigenvalue weighted by molar-refractivity contribution is 5.80. The van der Waals surface area contributed by atoms with Crippen molar-refractivity contribution >= 4 is 17.8 Å². The third-order valence-corrected chi connectivity index (χ3v) is 4.66. The van der Waals surface area contributed by atoms with Gasteiger partial charge in [0.25, 0.3) is 0 Å². The number of nitrogens with one attached hydrogen (secondary N) is 1. The van der Waals surface area contributed by atoms with Crippen LogP contribution in [-0.2, 0) is 14.4 Å². The van der Waals surface area contributed by atoms with Crippen molar-refractivity contribution in [2.75, 3.05) is 26.2 Å². The number of para-hydroxylation sites is 1. The lowest BCUT2D eigenvalue weighted by molar-refractivity contribution is -0.137. The van der Waals surface area contributed by atoms with Gasteiger partial charge in [-0.1, -0.05) is 18.2 Å². The van der Waals surface area contributed by atoms with E-state index in [9.17, 15) is 14.4 Å². The Morgan fingerprint density at radius 3 is 2.44 bits per heavy atom. The van der Waals surface area contributed by atoms with Crippen molar-refractivity contribution in [2.45, 2.75) is 38.5 Å². The zero-order valence-electron chi connectivity index (χ0n) is 15.6. The van der Waals surface area contributed by atoms with Gasteiger partial charge in [0, 0.05) is 32.0 Å². The summed E-state index contributed by atoms with van der Waals surface area (Å²) >= 11 is 0. The number of ether oxygens (including phenoxy) is 1. The highest BCUT2D eigenvalue weighted by Gasteiger charge is 2.26. The van der Waals surface area contributed by atoms with E-state index in [-0.39, 0.29) is 24.2 Å². The first-order valence-electron chi connectivity index (χ1n) is 9.51. The lowest BCUT2D eigenvalue weighted by Crippen LogP contribution is -2.43. The Kier molecular flexibility index (Phi) is 8.61. The molecule has 0 atom stereocenters. The second-order valence-electron chi connectivity index (χ2n) is 6.71. The van der Waals surface area contributed by atoms with E-state index in [1.807, 2.05) is 30.3 Å². The molecule has 0 aliphatic carbocycles. The number of rotatable bonds is 10. The quantitative estimate of drug-likeness (QED) is 0.610. The molecule has 1 heterocycles. The standard InChI is InChI=1S/C20H28N2O5/c23-18(11-15-27-17-6-2-1-3-7-17)22-13-9-16(10-14-22)20(26)21-12-5-4-8-19(24)25/h1-3,6-7,16H,4-5,8-15H2,(H,21,26)(H,24,25). The number of aliphatic carboxylic acids is 1. The van der Waals surface area contributed by atoms with Crippen LogP contribution >= 0.6 is 0 Å². The largest absolute Gasteiger partial charge is 0.493 e. The first-order valence-corrected chi connectivity index (χ1v) is 9.51. The van der Waals surface area contributed by atoms with E-state index in [1.54, 1.807) is 4.90 Å². The van der Waals surface area contributed by atoms with Gasteiger partial charge in [0.15, 0.2) is 0 Å². The molecule has 0 spiro atoms. The number of hydrogen-bond donors (Lipinski definition) is 2. The summed E-state index contributed by atoms with van der Waals surface area (Å²) in [4.78, 5) is 36.6. The zero-order chi connectivity index (χ0) is 19.5. The minimum absolute atomic E-state index is 0.00448. The van der Waals surface area contributed by atoms with E-state index in [0.717, 1.165) is 5.75 Å². The van der Waals surface area contributed by atoms with Gasteiger partial charge in [0.2, 0.25) is 11.8 Å². The molecule has 1 aliphatic rings. The SMILES string of the molecule is O=C(O)CCCCNC(=O)C1CCN(C(=O)CCOc2ccccc2)CC1. The van der Waals surface area contributed by atoms with Crippen LogP contribution in [0.5, 0.6) is 5.75 Å². The van der Waals surface area contributed by atoms with Gasteiger partial charge in [-0.25, -0.2) is 0 Å². The van der Waals surface area contributed by atoms with Crippen LogP contribution in [0.2, 0.25) is 0 Å². The average Bonchev–Trinajstić information content (AvgIpc) is 2.68. The number of hydrogen-bond acceptors (Lipinski definition) is 4. The molecule has 1 fully saturated rings. The van der Waals surface area contributed by atoms with E-state index in [1.165, 1.54) is 0 Å². The molecule has 7 nitrogen and oxygen atoms in total. The summed E-state index contributed by atoms with van der Waals surface area (Å²) in [7, 11) is 0. The second kappa shape index (κ2) is 11.2. The number of nitrogens with zero attached hydrogens (tertiary/aromatic N) is 1. The number of carbonyl (C=O) groups excluding carboxylic acids is 2. The van der Waals surface area contributed by atoms with E-state index < -0.39 is 5.97 Å². The fourth-order valence-electron chi connectivity index (χ4n) is 3.08. The Morgan fingerprint density at radius 1 is 1.07 bits per heavy atom. The number of carbonyl (C=O) groups is 3. The van der Waals surface area contributed by atoms with Gasteiger partial charge in [-0.05, 0) is 37.8 Å². The van der Waals surface area contributed by atoms with Gasteiger partial charge in [0.1, 0.15) is 5.75 Å². The topological polar surface area (TPSA) is 95.9 Å². The number of unbranched alkanes of at least 4 members (excludes halogenated alkanes) is 1. The number of carboxylic acids is 1. The van der Waals surface area contributed by atoms with Crippen molar-refractivity contribution in [2.24, 2.45) is 5.92 Å². The number of amides is 2. The van der Waals surface area contributed by atoms with Gasteiger partial charge in [0.05, 0.1) is 13.0 Å². The maximum atomic E-state index is 12.3. The van der Waals surface area contributed by atoms with Crippen LogP contribution < -0.4 is 10.1 Å². The number of benzene rings is 1. The summed E-state index contributed by atoms with van der Waals surface area (Å²) in [5, 5.41) is 11.4. The van der Waals surface area contributed by atoms with Crippen molar-refractivity contribution in [3.05, 3.63) is 30.3 Å². The molecule has 2 amide bonds. The Labute approximate surface area is 159 Å². The van der Waals surface area contributed by atoms with Crippen LogP contribution in [0.4, 0.5) is 0 Å². The average molecular weight is 376 g/mol. The molecule has 0 saturated carbocycles. The van der Waals surface area contributed by atoms with Crippen LogP contribution in [0.25, 0.3) is 0 Å². The van der Waals surface area contributed by atoms with Crippen molar-refractivity contribution in [3.8, 4) is 5.75 Å². The Balaban J connectivity index is 1.59. The molecule has 7 heteroatoms. The lowest BCUT2D eigenvalue weighted by atomic mass is 9.95. The molecule has 0 radical (unpaired) electrons. The van der Waals surface area contributed by atoms with Gasteiger partial charge < -0.3 is 20.1 Å².